The third-order valence-electron chi connectivity index (χ3n) is 4.08. The molecule has 8 nitrogen and oxygen atoms in total. The van der Waals surface area contributed by atoms with E-state index in [0.29, 0.717) is 17.1 Å². The first kappa shape index (κ1) is 20.8. The number of hydrogen-bond acceptors (Lipinski definition) is 6. The average molecular weight is 407 g/mol. The number of amides is 2. The Kier molecular flexibility index (Phi) is 6.94. The molecule has 0 spiro atoms. The second-order valence-electron chi connectivity index (χ2n) is 6.43. The number of carbonyl (C=O) groups is 3. The molecule has 1 N–H and O–H groups in total. The summed E-state index contributed by atoms with van der Waals surface area (Å²) in [5, 5.41) is 6.07. The van der Waals surface area contributed by atoms with Crippen molar-refractivity contribution in [3.05, 3.63) is 72.5 Å². The summed E-state index contributed by atoms with van der Waals surface area (Å²) >= 11 is 0. The fourth-order valence-corrected chi connectivity index (χ4v) is 2.73. The highest BCUT2D eigenvalue weighted by Crippen LogP contribution is 2.26. The number of carbonyl (C=O) groups excluding carboxylic acids is 3. The van der Waals surface area contributed by atoms with E-state index in [1.54, 1.807) is 17.9 Å². The van der Waals surface area contributed by atoms with Gasteiger partial charge in [0.15, 0.2) is 12.4 Å². The van der Waals surface area contributed by atoms with E-state index in [-0.39, 0.29) is 24.6 Å². The zero-order chi connectivity index (χ0) is 21.3. The summed E-state index contributed by atoms with van der Waals surface area (Å²) in [4.78, 5) is 38.2. The zero-order valence-electron chi connectivity index (χ0n) is 16.4. The van der Waals surface area contributed by atoms with Crippen LogP contribution in [0.3, 0.4) is 0 Å². The molecule has 0 atom stereocenters. The molecule has 154 valence electrons. The maximum atomic E-state index is 12.9. The van der Waals surface area contributed by atoms with Gasteiger partial charge < -0.3 is 14.6 Å². The van der Waals surface area contributed by atoms with Gasteiger partial charge in [0.2, 0.25) is 5.91 Å². The predicted octanol–water partition coefficient (Wildman–Crippen LogP) is 3.61. The van der Waals surface area contributed by atoms with Gasteiger partial charge in [-0.05, 0) is 31.2 Å². The lowest BCUT2D eigenvalue weighted by Crippen LogP contribution is -2.27. The summed E-state index contributed by atoms with van der Waals surface area (Å²) in [6.07, 6.45) is -0.210. The van der Waals surface area contributed by atoms with Gasteiger partial charge in [-0.2, -0.15) is 0 Å². The molecule has 2 amide bonds. The van der Waals surface area contributed by atoms with Gasteiger partial charge >= 0.3 is 5.97 Å². The predicted molar refractivity (Wildman–Crippen MR) is 110 cm³/mol. The van der Waals surface area contributed by atoms with Crippen LogP contribution in [0.25, 0.3) is 0 Å². The molecule has 3 rings (SSSR count). The first-order valence-corrected chi connectivity index (χ1v) is 9.35. The fourth-order valence-electron chi connectivity index (χ4n) is 2.73. The van der Waals surface area contributed by atoms with Crippen molar-refractivity contribution >= 4 is 35.0 Å². The standard InChI is InChI=1S/C22H21N3O5/c1-16-14-19(24-30-16)23-20(26)15-29-22(28)13-12-21(27)25(17-8-4-2-5-9-17)18-10-6-3-7-11-18/h2-11,14H,12-13,15H2,1H3,(H,23,24,26). The molecule has 30 heavy (non-hydrogen) atoms. The number of ether oxygens (including phenoxy) is 1. The number of anilines is 3. The molecule has 0 radical (unpaired) electrons. The molecule has 1 aromatic heterocycles. The third kappa shape index (κ3) is 5.78. The van der Waals surface area contributed by atoms with Crippen LogP contribution in [0, 0.1) is 6.92 Å². The summed E-state index contributed by atoms with van der Waals surface area (Å²) in [6, 6.07) is 19.9. The second kappa shape index (κ2) is 10.0. The van der Waals surface area contributed by atoms with Crippen molar-refractivity contribution < 1.29 is 23.6 Å². The van der Waals surface area contributed by atoms with Crippen LogP contribution in [0.5, 0.6) is 0 Å². The number of aromatic nitrogens is 1. The van der Waals surface area contributed by atoms with E-state index in [0.717, 1.165) is 0 Å². The summed E-state index contributed by atoms with van der Waals surface area (Å²) in [5.74, 6) is -0.659. The van der Waals surface area contributed by atoms with Gasteiger partial charge in [0.1, 0.15) is 5.76 Å². The molecule has 0 saturated carbocycles. The van der Waals surface area contributed by atoms with Crippen LogP contribution in [0.15, 0.2) is 71.3 Å². The van der Waals surface area contributed by atoms with Gasteiger partial charge in [0, 0.05) is 23.9 Å². The smallest absolute Gasteiger partial charge is 0.306 e. The lowest BCUT2D eigenvalue weighted by molar-refractivity contribution is -0.148. The largest absolute Gasteiger partial charge is 0.456 e. The van der Waals surface area contributed by atoms with Crippen molar-refractivity contribution in [3.8, 4) is 0 Å². The Bertz CT molecular complexity index is 962. The van der Waals surface area contributed by atoms with Crippen molar-refractivity contribution in [2.75, 3.05) is 16.8 Å². The molecule has 3 aromatic rings. The van der Waals surface area contributed by atoms with E-state index in [1.165, 1.54) is 0 Å². The average Bonchev–Trinajstić information content (AvgIpc) is 3.17. The molecular weight excluding hydrogens is 386 g/mol. The highest BCUT2D eigenvalue weighted by Gasteiger charge is 2.19. The Hall–Kier alpha value is -3.94. The van der Waals surface area contributed by atoms with Crippen LogP contribution in [0.4, 0.5) is 17.2 Å². The van der Waals surface area contributed by atoms with Crippen LogP contribution < -0.4 is 10.2 Å². The molecule has 2 aromatic carbocycles. The van der Waals surface area contributed by atoms with Crippen LogP contribution in [-0.4, -0.2) is 29.5 Å². The number of aryl methyl sites for hydroxylation is 1. The second-order valence-corrected chi connectivity index (χ2v) is 6.43. The zero-order valence-corrected chi connectivity index (χ0v) is 16.4. The Morgan fingerprint density at radius 1 is 0.967 bits per heavy atom. The van der Waals surface area contributed by atoms with Gasteiger partial charge in [-0.25, -0.2) is 0 Å². The minimum atomic E-state index is -0.643. The minimum absolute atomic E-state index is 0.0628. The van der Waals surface area contributed by atoms with Crippen LogP contribution in [0.1, 0.15) is 18.6 Å². The first-order chi connectivity index (χ1) is 14.5. The third-order valence-corrected chi connectivity index (χ3v) is 4.08. The number of para-hydroxylation sites is 2. The first-order valence-electron chi connectivity index (χ1n) is 9.35. The van der Waals surface area contributed by atoms with Crippen molar-refractivity contribution in [3.63, 3.8) is 0 Å². The Morgan fingerprint density at radius 3 is 2.10 bits per heavy atom. The van der Waals surface area contributed by atoms with Crippen molar-refractivity contribution in [1.82, 2.24) is 5.16 Å². The molecule has 0 bridgehead atoms. The number of nitrogens with one attached hydrogen (secondary N) is 1. The quantitative estimate of drug-likeness (QED) is 0.573. The van der Waals surface area contributed by atoms with Crippen LogP contribution >= 0.6 is 0 Å². The van der Waals surface area contributed by atoms with E-state index < -0.39 is 18.5 Å². The van der Waals surface area contributed by atoms with Gasteiger partial charge in [-0.3, -0.25) is 19.3 Å². The van der Waals surface area contributed by atoms with E-state index >= 15 is 0 Å². The topological polar surface area (TPSA) is 102 Å². The van der Waals surface area contributed by atoms with Crippen molar-refractivity contribution in [2.45, 2.75) is 19.8 Å². The molecule has 0 aliphatic rings. The highest BCUT2D eigenvalue weighted by molar-refractivity contribution is 6.01. The normalized spacial score (nSPS) is 10.3. The lowest BCUT2D eigenvalue weighted by atomic mass is 10.2. The van der Waals surface area contributed by atoms with E-state index in [2.05, 4.69) is 10.5 Å². The lowest BCUT2D eigenvalue weighted by Gasteiger charge is -2.23. The van der Waals surface area contributed by atoms with Gasteiger partial charge in [-0.1, -0.05) is 41.6 Å². The van der Waals surface area contributed by atoms with E-state index in [9.17, 15) is 14.4 Å². The Balaban J connectivity index is 1.53. The van der Waals surface area contributed by atoms with Crippen molar-refractivity contribution in [2.24, 2.45) is 0 Å². The van der Waals surface area contributed by atoms with Gasteiger partial charge in [0.05, 0.1) is 6.42 Å². The number of benzene rings is 2. The van der Waals surface area contributed by atoms with Gasteiger partial charge in [-0.15, -0.1) is 0 Å². The number of hydrogen-bond donors (Lipinski definition) is 1. The summed E-state index contributed by atoms with van der Waals surface area (Å²) in [5.41, 5.74) is 1.40. The summed E-state index contributed by atoms with van der Waals surface area (Å²) < 4.78 is 9.78. The summed E-state index contributed by atoms with van der Waals surface area (Å²) in [7, 11) is 0. The van der Waals surface area contributed by atoms with E-state index in [1.807, 2.05) is 60.7 Å². The minimum Gasteiger partial charge on any atom is -0.456 e. The fraction of sp³-hybridized carbons (Fsp3) is 0.182. The Morgan fingerprint density at radius 2 is 1.57 bits per heavy atom. The SMILES string of the molecule is Cc1cc(NC(=O)COC(=O)CCC(=O)N(c2ccccc2)c2ccccc2)no1. The molecule has 0 saturated heterocycles. The molecule has 8 heteroatoms. The molecule has 1 heterocycles. The van der Waals surface area contributed by atoms with Crippen molar-refractivity contribution in [1.29, 1.82) is 0 Å². The molecule has 0 fully saturated rings. The maximum absolute atomic E-state index is 12.9. The monoisotopic (exact) mass is 407 g/mol. The molecule has 0 aliphatic heterocycles. The van der Waals surface area contributed by atoms with Crippen LogP contribution in [-0.2, 0) is 19.1 Å². The summed E-state index contributed by atoms with van der Waals surface area (Å²) in [6.45, 7) is 1.22. The van der Waals surface area contributed by atoms with E-state index in [4.69, 9.17) is 9.26 Å². The number of nitrogens with zero attached hydrogens (tertiary/aromatic N) is 2. The van der Waals surface area contributed by atoms with Gasteiger partial charge in [0.25, 0.3) is 5.91 Å². The van der Waals surface area contributed by atoms with Crippen LogP contribution in [0.2, 0.25) is 0 Å². The molecular formula is C22H21N3O5. The number of rotatable bonds is 8. The highest BCUT2D eigenvalue weighted by atomic mass is 16.5. The Labute approximate surface area is 173 Å². The molecule has 0 aliphatic carbocycles. The number of esters is 1. The maximum Gasteiger partial charge on any atom is 0.306 e. The molecule has 0 unspecified atom stereocenters.